The Bertz CT molecular complexity index is 417. The molecule has 2 rings (SSSR count). The van der Waals surface area contributed by atoms with Crippen molar-refractivity contribution in [3.8, 4) is 0 Å². The van der Waals surface area contributed by atoms with Gasteiger partial charge in [0.25, 0.3) is 0 Å². The number of aromatic nitrogens is 2. The summed E-state index contributed by atoms with van der Waals surface area (Å²) in [6.45, 7) is 8.26. The summed E-state index contributed by atoms with van der Waals surface area (Å²) in [5.74, 6) is 0.622. The van der Waals surface area contributed by atoms with Gasteiger partial charge in [0.05, 0.1) is 16.4 Å². The van der Waals surface area contributed by atoms with Crippen LogP contribution in [0.2, 0.25) is 5.02 Å². The molecule has 1 aromatic rings. The molecule has 0 aliphatic carbocycles. The maximum atomic E-state index is 9.07. The Labute approximate surface area is 120 Å². The van der Waals surface area contributed by atoms with Gasteiger partial charge in [-0.25, -0.2) is 0 Å². The van der Waals surface area contributed by atoms with E-state index in [9.17, 15) is 0 Å². The van der Waals surface area contributed by atoms with Gasteiger partial charge in [-0.15, -0.1) is 0 Å². The SMILES string of the molecule is CCn1nc(C)c(Cl)c1CN1CCCC(CCO)C1. The number of nitrogens with zero attached hydrogens (tertiary/aromatic N) is 3. The van der Waals surface area contributed by atoms with Gasteiger partial charge < -0.3 is 5.11 Å². The molecular weight excluding hydrogens is 262 g/mol. The first kappa shape index (κ1) is 14.8. The molecule has 1 atom stereocenters. The minimum Gasteiger partial charge on any atom is -0.396 e. The van der Waals surface area contributed by atoms with Crippen LogP contribution in [-0.4, -0.2) is 39.5 Å². The molecule has 0 amide bonds. The molecule has 0 spiro atoms. The lowest BCUT2D eigenvalue weighted by molar-refractivity contribution is 0.139. The number of piperidine rings is 1. The van der Waals surface area contributed by atoms with Gasteiger partial charge in [-0.3, -0.25) is 9.58 Å². The molecule has 0 radical (unpaired) electrons. The van der Waals surface area contributed by atoms with E-state index in [0.29, 0.717) is 12.5 Å². The highest BCUT2D eigenvalue weighted by Gasteiger charge is 2.22. The Hall–Kier alpha value is -0.580. The number of likely N-dealkylation sites (tertiary alicyclic amines) is 1. The molecule has 1 unspecified atom stereocenters. The van der Waals surface area contributed by atoms with E-state index in [4.69, 9.17) is 16.7 Å². The normalized spacial score (nSPS) is 20.9. The predicted octanol–water partition coefficient (Wildman–Crippen LogP) is 2.46. The van der Waals surface area contributed by atoms with Gasteiger partial charge in [0.2, 0.25) is 0 Å². The van der Waals surface area contributed by atoms with Crippen LogP contribution in [-0.2, 0) is 13.1 Å². The summed E-state index contributed by atoms with van der Waals surface area (Å²) in [5, 5.41) is 14.3. The van der Waals surface area contributed by atoms with Crippen LogP contribution in [0.25, 0.3) is 0 Å². The second kappa shape index (κ2) is 6.73. The molecular formula is C14H24ClN3O. The molecule has 2 heterocycles. The number of hydrogen-bond acceptors (Lipinski definition) is 3. The van der Waals surface area contributed by atoms with Crippen LogP contribution < -0.4 is 0 Å². The smallest absolute Gasteiger partial charge is 0.0860 e. The van der Waals surface area contributed by atoms with Gasteiger partial charge in [0.15, 0.2) is 0 Å². The maximum Gasteiger partial charge on any atom is 0.0860 e. The Balaban J connectivity index is 2.04. The van der Waals surface area contributed by atoms with E-state index < -0.39 is 0 Å². The number of aryl methyl sites for hydroxylation is 2. The summed E-state index contributed by atoms with van der Waals surface area (Å²) in [7, 11) is 0. The standard InChI is InChI=1S/C14H24ClN3O/c1-3-18-13(14(15)11(2)16-18)10-17-7-4-5-12(9-17)6-8-19/h12,19H,3-10H2,1-2H3. The Morgan fingerprint density at radius 2 is 2.26 bits per heavy atom. The molecule has 1 fully saturated rings. The highest BCUT2D eigenvalue weighted by Crippen LogP contribution is 2.25. The lowest BCUT2D eigenvalue weighted by Gasteiger charge is -2.32. The zero-order chi connectivity index (χ0) is 13.8. The Morgan fingerprint density at radius 3 is 2.95 bits per heavy atom. The first-order chi connectivity index (χ1) is 9.15. The monoisotopic (exact) mass is 285 g/mol. The molecule has 108 valence electrons. The Morgan fingerprint density at radius 1 is 1.47 bits per heavy atom. The molecule has 1 saturated heterocycles. The van der Waals surface area contributed by atoms with E-state index in [2.05, 4.69) is 16.9 Å². The summed E-state index contributed by atoms with van der Waals surface area (Å²) < 4.78 is 2.01. The predicted molar refractivity (Wildman–Crippen MR) is 77.4 cm³/mol. The first-order valence-corrected chi connectivity index (χ1v) is 7.58. The van der Waals surface area contributed by atoms with Gasteiger partial charge >= 0.3 is 0 Å². The van der Waals surface area contributed by atoms with Crippen LogP contribution in [0.3, 0.4) is 0 Å². The van der Waals surface area contributed by atoms with E-state index >= 15 is 0 Å². The number of halogens is 1. The van der Waals surface area contributed by atoms with E-state index in [1.54, 1.807) is 0 Å². The zero-order valence-corrected chi connectivity index (χ0v) is 12.7. The highest BCUT2D eigenvalue weighted by atomic mass is 35.5. The second-order valence-corrected chi connectivity index (χ2v) is 5.80. The molecule has 0 saturated carbocycles. The molecule has 1 N–H and O–H groups in total. The van der Waals surface area contributed by atoms with E-state index in [0.717, 1.165) is 49.0 Å². The van der Waals surface area contributed by atoms with Crippen molar-refractivity contribution in [2.24, 2.45) is 5.92 Å². The quantitative estimate of drug-likeness (QED) is 0.903. The van der Waals surface area contributed by atoms with Crippen molar-refractivity contribution in [3.63, 3.8) is 0 Å². The summed E-state index contributed by atoms with van der Waals surface area (Å²) in [5.41, 5.74) is 2.05. The third-order valence-corrected chi connectivity index (χ3v) is 4.46. The van der Waals surface area contributed by atoms with Crippen molar-refractivity contribution >= 4 is 11.6 Å². The zero-order valence-electron chi connectivity index (χ0n) is 11.9. The van der Waals surface area contributed by atoms with Gasteiger partial charge in [0, 0.05) is 26.2 Å². The van der Waals surface area contributed by atoms with Crippen LogP contribution in [0, 0.1) is 12.8 Å². The van der Waals surface area contributed by atoms with E-state index in [1.165, 1.54) is 12.8 Å². The van der Waals surface area contributed by atoms with Gasteiger partial charge in [-0.05, 0) is 45.6 Å². The molecule has 1 aliphatic rings. The minimum atomic E-state index is 0.297. The molecule has 19 heavy (non-hydrogen) atoms. The minimum absolute atomic E-state index is 0.297. The van der Waals surface area contributed by atoms with Crippen molar-refractivity contribution < 1.29 is 5.11 Å². The van der Waals surface area contributed by atoms with Gasteiger partial charge in [0.1, 0.15) is 0 Å². The average molecular weight is 286 g/mol. The summed E-state index contributed by atoms with van der Waals surface area (Å²) in [4.78, 5) is 2.44. The maximum absolute atomic E-state index is 9.07. The number of aliphatic hydroxyl groups excluding tert-OH is 1. The molecule has 1 aromatic heterocycles. The molecule has 5 heteroatoms. The fourth-order valence-corrected chi connectivity index (χ4v) is 3.14. The van der Waals surface area contributed by atoms with Crippen LogP contribution in [0.15, 0.2) is 0 Å². The third kappa shape index (κ3) is 3.50. The number of aliphatic hydroxyl groups is 1. The topological polar surface area (TPSA) is 41.3 Å². The highest BCUT2D eigenvalue weighted by molar-refractivity contribution is 6.31. The summed E-state index contributed by atoms with van der Waals surface area (Å²) in [6.07, 6.45) is 3.36. The lowest BCUT2D eigenvalue weighted by Crippen LogP contribution is -2.35. The van der Waals surface area contributed by atoms with Gasteiger partial charge in [-0.1, -0.05) is 11.6 Å². The summed E-state index contributed by atoms with van der Waals surface area (Å²) in [6, 6.07) is 0. The van der Waals surface area contributed by atoms with Crippen LogP contribution in [0.5, 0.6) is 0 Å². The number of hydrogen-bond donors (Lipinski definition) is 1. The largest absolute Gasteiger partial charge is 0.396 e. The van der Waals surface area contributed by atoms with Crippen LogP contribution >= 0.6 is 11.6 Å². The molecule has 4 nitrogen and oxygen atoms in total. The van der Waals surface area contributed by atoms with Crippen molar-refractivity contribution in [3.05, 3.63) is 16.4 Å². The lowest BCUT2D eigenvalue weighted by atomic mass is 9.95. The van der Waals surface area contributed by atoms with Crippen LogP contribution in [0.1, 0.15) is 37.6 Å². The fraction of sp³-hybridized carbons (Fsp3) is 0.786. The van der Waals surface area contributed by atoms with E-state index in [-0.39, 0.29) is 0 Å². The molecule has 0 aromatic carbocycles. The second-order valence-electron chi connectivity index (χ2n) is 5.42. The van der Waals surface area contributed by atoms with Crippen molar-refractivity contribution in [1.29, 1.82) is 0 Å². The van der Waals surface area contributed by atoms with Crippen molar-refractivity contribution in [2.45, 2.75) is 46.2 Å². The third-order valence-electron chi connectivity index (χ3n) is 3.97. The molecule has 0 bridgehead atoms. The van der Waals surface area contributed by atoms with Crippen LogP contribution in [0.4, 0.5) is 0 Å². The molecule has 1 aliphatic heterocycles. The van der Waals surface area contributed by atoms with E-state index in [1.807, 2.05) is 11.6 Å². The van der Waals surface area contributed by atoms with Crippen molar-refractivity contribution in [1.82, 2.24) is 14.7 Å². The van der Waals surface area contributed by atoms with Crippen molar-refractivity contribution in [2.75, 3.05) is 19.7 Å². The average Bonchev–Trinajstić information content (AvgIpc) is 2.67. The first-order valence-electron chi connectivity index (χ1n) is 7.20. The van der Waals surface area contributed by atoms with Gasteiger partial charge in [-0.2, -0.15) is 5.10 Å². The fourth-order valence-electron chi connectivity index (χ4n) is 2.94. The Kier molecular flexibility index (Phi) is 5.25. The number of rotatable bonds is 5. The summed E-state index contributed by atoms with van der Waals surface area (Å²) >= 11 is 6.36.